The van der Waals surface area contributed by atoms with Gasteiger partial charge in [-0.15, -0.1) is 0 Å². The molecule has 0 saturated heterocycles. The van der Waals surface area contributed by atoms with Crippen molar-refractivity contribution in [2.24, 2.45) is 0 Å². The van der Waals surface area contributed by atoms with Gasteiger partial charge in [0.25, 0.3) is 5.91 Å². The van der Waals surface area contributed by atoms with E-state index in [-0.39, 0.29) is 11.9 Å². The number of rotatable bonds is 9. The van der Waals surface area contributed by atoms with E-state index in [1.54, 1.807) is 48.5 Å². The number of benzene rings is 2. The summed E-state index contributed by atoms with van der Waals surface area (Å²) in [7, 11) is -2.26. The molecule has 0 spiro atoms. The van der Waals surface area contributed by atoms with Gasteiger partial charge in [-0.25, -0.2) is 8.42 Å². The fourth-order valence-corrected chi connectivity index (χ4v) is 4.14. The highest BCUT2D eigenvalue weighted by Crippen LogP contribution is 2.25. The van der Waals surface area contributed by atoms with Crippen molar-refractivity contribution in [3.63, 3.8) is 0 Å². The summed E-state index contributed by atoms with van der Waals surface area (Å²) in [5.41, 5.74) is 0.941. The Morgan fingerprint density at radius 2 is 1.68 bits per heavy atom. The summed E-state index contributed by atoms with van der Waals surface area (Å²) in [6.07, 6.45) is 1.80. The molecule has 0 heterocycles. The summed E-state index contributed by atoms with van der Waals surface area (Å²) in [6.45, 7) is 5.34. The van der Waals surface area contributed by atoms with Crippen LogP contribution in [-0.2, 0) is 14.8 Å². The Morgan fingerprint density at radius 3 is 2.23 bits per heavy atom. The Balaban J connectivity index is 2.30. The number of carbonyl (C=O) groups excluding carboxylic acids is 2. The first-order valence-electron chi connectivity index (χ1n) is 9.92. The molecule has 2 rings (SSSR count). The van der Waals surface area contributed by atoms with Crippen LogP contribution in [0.15, 0.2) is 48.5 Å². The summed E-state index contributed by atoms with van der Waals surface area (Å²) >= 11 is 0. The van der Waals surface area contributed by atoms with Gasteiger partial charge in [0.15, 0.2) is 0 Å². The molecular formula is C22H29N3O5S. The molecule has 0 aliphatic carbocycles. The zero-order chi connectivity index (χ0) is 23.2. The summed E-state index contributed by atoms with van der Waals surface area (Å²) < 4.78 is 31.1. The average Bonchev–Trinajstić information content (AvgIpc) is 2.73. The third-order valence-corrected chi connectivity index (χ3v) is 6.08. The second-order valence-corrected chi connectivity index (χ2v) is 9.11. The van der Waals surface area contributed by atoms with E-state index in [4.69, 9.17) is 4.74 Å². The normalized spacial score (nSPS) is 13.1. The SMILES string of the molecule is CC[C@@H](C)NC(=O)c1ccccc1NC(=O)[C@@H](C)N(c1ccc(OC)cc1)S(C)(=O)=O. The molecule has 8 nitrogen and oxygen atoms in total. The van der Waals surface area contributed by atoms with E-state index in [2.05, 4.69) is 10.6 Å². The molecule has 0 radical (unpaired) electrons. The van der Waals surface area contributed by atoms with Crippen molar-refractivity contribution in [1.29, 1.82) is 0 Å². The molecule has 2 atom stereocenters. The number of para-hydroxylation sites is 1. The molecule has 0 aliphatic rings. The number of amides is 2. The van der Waals surface area contributed by atoms with Crippen LogP contribution in [0.4, 0.5) is 11.4 Å². The molecular weight excluding hydrogens is 418 g/mol. The van der Waals surface area contributed by atoms with Gasteiger partial charge in [-0.2, -0.15) is 0 Å². The van der Waals surface area contributed by atoms with Crippen LogP contribution in [0.3, 0.4) is 0 Å². The van der Waals surface area contributed by atoms with Crippen molar-refractivity contribution in [2.75, 3.05) is 23.0 Å². The van der Waals surface area contributed by atoms with Gasteiger partial charge in [0, 0.05) is 6.04 Å². The minimum atomic E-state index is -3.77. The molecule has 0 fully saturated rings. The minimum absolute atomic E-state index is 0.0222. The lowest BCUT2D eigenvalue weighted by Crippen LogP contribution is -2.45. The van der Waals surface area contributed by atoms with Gasteiger partial charge in [-0.1, -0.05) is 19.1 Å². The van der Waals surface area contributed by atoms with E-state index in [9.17, 15) is 18.0 Å². The summed E-state index contributed by atoms with van der Waals surface area (Å²) in [5, 5.41) is 5.56. The zero-order valence-electron chi connectivity index (χ0n) is 18.4. The second-order valence-electron chi connectivity index (χ2n) is 7.25. The maximum atomic E-state index is 13.0. The van der Waals surface area contributed by atoms with Crippen molar-refractivity contribution in [2.45, 2.75) is 39.3 Å². The number of sulfonamides is 1. The van der Waals surface area contributed by atoms with Crippen molar-refractivity contribution < 1.29 is 22.7 Å². The first-order valence-corrected chi connectivity index (χ1v) is 11.8. The molecule has 0 aliphatic heterocycles. The molecule has 0 bridgehead atoms. The average molecular weight is 448 g/mol. The van der Waals surface area contributed by atoms with Gasteiger partial charge < -0.3 is 15.4 Å². The maximum Gasteiger partial charge on any atom is 0.253 e. The van der Waals surface area contributed by atoms with Gasteiger partial charge in [0.2, 0.25) is 15.9 Å². The Kier molecular flexibility index (Phi) is 8.04. The molecule has 2 N–H and O–H groups in total. The van der Waals surface area contributed by atoms with Crippen molar-refractivity contribution >= 4 is 33.2 Å². The van der Waals surface area contributed by atoms with E-state index in [0.717, 1.165) is 17.0 Å². The molecule has 2 amide bonds. The first kappa shape index (κ1) is 24.2. The second kappa shape index (κ2) is 10.3. The number of nitrogens with zero attached hydrogens (tertiary/aromatic N) is 1. The van der Waals surface area contributed by atoms with Gasteiger partial charge in [-0.05, 0) is 56.7 Å². The predicted molar refractivity (Wildman–Crippen MR) is 122 cm³/mol. The van der Waals surface area contributed by atoms with E-state index in [1.807, 2.05) is 13.8 Å². The third kappa shape index (κ3) is 6.21. The van der Waals surface area contributed by atoms with Crippen LogP contribution in [0.25, 0.3) is 0 Å². The van der Waals surface area contributed by atoms with Gasteiger partial charge in [0.1, 0.15) is 11.8 Å². The molecule has 31 heavy (non-hydrogen) atoms. The Hall–Kier alpha value is -3.07. The maximum absolute atomic E-state index is 13.0. The molecule has 2 aromatic carbocycles. The largest absolute Gasteiger partial charge is 0.497 e. The fraction of sp³-hybridized carbons (Fsp3) is 0.364. The highest BCUT2D eigenvalue weighted by atomic mass is 32.2. The lowest BCUT2D eigenvalue weighted by Gasteiger charge is -2.28. The lowest BCUT2D eigenvalue weighted by molar-refractivity contribution is -0.116. The summed E-state index contributed by atoms with van der Waals surface area (Å²) in [6, 6.07) is 11.9. The number of anilines is 2. The molecule has 2 aromatic rings. The minimum Gasteiger partial charge on any atom is -0.497 e. The van der Waals surface area contributed by atoms with Crippen LogP contribution in [0.1, 0.15) is 37.6 Å². The lowest BCUT2D eigenvalue weighted by atomic mass is 10.1. The molecule has 0 aromatic heterocycles. The van der Waals surface area contributed by atoms with E-state index in [1.165, 1.54) is 14.0 Å². The highest BCUT2D eigenvalue weighted by Gasteiger charge is 2.30. The molecule has 0 unspecified atom stereocenters. The smallest absolute Gasteiger partial charge is 0.253 e. The number of carbonyl (C=O) groups is 2. The van der Waals surface area contributed by atoms with Gasteiger partial charge >= 0.3 is 0 Å². The number of ether oxygens (including phenoxy) is 1. The molecule has 0 saturated carbocycles. The Labute approximate surface area is 183 Å². The number of hydrogen-bond donors (Lipinski definition) is 2. The van der Waals surface area contributed by atoms with E-state index < -0.39 is 22.0 Å². The van der Waals surface area contributed by atoms with Gasteiger partial charge in [-0.3, -0.25) is 13.9 Å². The number of methoxy groups -OCH3 is 1. The Morgan fingerprint density at radius 1 is 1.06 bits per heavy atom. The number of nitrogens with one attached hydrogen (secondary N) is 2. The van der Waals surface area contributed by atoms with E-state index >= 15 is 0 Å². The van der Waals surface area contributed by atoms with Gasteiger partial charge in [0.05, 0.1) is 30.3 Å². The van der Waals surface area contributed by atoms with Crippen LogP contribution in [-0.4, -0.2) is 45.7 Å². The van der Waals surface area contributed by atoms with Crippen LogP contribution in [0.5, 0.6) is 5.75 Å². The third-order valence-electron chi connectivity index (χ3n) is 4.83. The topological polar surface area (TPSA) is 105 Å². The fourth-order valence-electron chi connectivity index (χ4n) is 2.97. The van der Waals surface area contributed by atoms with Crippen molar-refractivity contribution in [1.82, 2.24) is 5.32 Å². The first-order chi connectivity index (χ1) is 14.6. The predicted octanol–water partition coefficient (Wildman–Crippen LogP) is 3.02. The van der Waals surface area contributed by atoms with Crippen molar-refractivity contribution in [3.8, 4) is 5.75 Å². The van der Waals surface area contributed by atoms with E-state index in [0.29, 0.717) is 22.7 Å². The van der Waals surface area contributed by atoms with Crippen LogP contribution in [0, 0.1) is 0 Å². The quantitative estimate of drug-likeness (QED) is 0.615. The van der Waals surface area contributed by atoms with Crippen molar-refractivity contribution in [3.05, 3.63) is 54.1 Å². The summed E-state index contributed by atoms with van der Waals surface area (Å²) in [5.74, 6) is -0.311. The van der Waals surface area contributed by atoms with Crippen LogP contribution in [0.2, 0.25) is 0 Å². The highest BCUT2D eigenvalue weighted by molar-refractivity contribution is 7.92. The Bertz CT molecular complexity index is 1020. The summed E-state index contributed by atoms with van der Waals surface area (Å²) in [4.78, 5) is 25.6. The standard InChI is InChI=1S/C22H29N3O5S/c1-6-15(2)23-22(27)19-9-7-8-10-20(19)24-21(26)16(3)25(31(5,28)29)17-11-13-18(30-4)14-12-17/h7-16H,6H2,1-5H3,(H,23,27)(H,24,26)/t15-,16-/m1/s1. The molecule has 9 heteroatoms. The van der Waals surface area contributed by atoms with Crippen LogP contribution < -0.4 is 19.7 Å². The zero-order valence-corrected chi connectivity index (χ0v) is 19.2. The monoisotopic (exact) mass is 447 g/mol. The van der Waals surface area contributed by atoms with Crippen LogP contribution >= 0.6 is 0 Å². The molecule has 168 valence electrons. The number of hydrogen-bond acceptors (Lipinski definition) is 5.